The van der Waals surface area contributed by atoms with E-state index in [1.807, 2.05) is 0 Å². The van der Waals surface area contributed by atoms with Crippen molar-refractivity contribution in [2.24, 2.45) is 0 Å². The molecule has 1 saturated heterocycles. The fraction of sp³-hybridized carbons (Fsp3) is 0.467. The molecule has 2 rings (SSSR count). The van der Waals surface area contributed by atoms with Gasteiger partial charge in [0.05, 0.1) is 17.6 Å². The third kappa shape index (κ3) is 2.95. The Bertz CT molecular complexity index is 587. The molecule has 0 N–H and O–H groups in total. The van der Waals surface area contributed by atoms with Gasteiger partial charge in [-0.2, -0.15) is 0 Å². The van der Waals surface area contributed by atoms with Crippen LogP contribution in [-0.2, 0) is 4.79 Å². The molecule has 0 unspecified atom stereocenters. The molecule has 0 saturated carbocycles. The number of hydrogen-bond acceptors (Lipinski definition) is 3. The van der Waals surface area contributed by atoms with Gasteiger partial charge in [-0.25, -0.2) is 8.78 Å². The van der Waals surface area contributed by atoms with Crippen LogP contribution in [-0.4, -0.2) is 53.7 Å². The SMILES string of the molecule is CN1CCN(CC(=O)c2cc(F)ccc2F)C(C)(C)C1=O. The molecule has 0 aromatic heterocycles. The standard InChI is InChI=1S/C15H18F2N2O2/c1-15(2)14(21)18(3)6-7-19(15)9-13(20)11-8-10(16)4-5-12(11)17/h4-5,8H,6-7,9H2,1-3H3. The van der Waals surface area contributed by atoms with Gasteiger partial charge in [0.2, 0.25) is 5.91 Å². The van der Waals surface area contributed by atoms with Crippen molar-refractivity contribution in [2.45, 2.75) is 19.4 Å². The summed E-state index contributed by atoms with van der Waals surface area (Å²) in [4.78, 5) is 27.6. The van der Waals surface area contributed by atoms with Crippen molar-refractivity contribution < 1.29 is 18.4 Å². The number of hydrogen-bond donors (Lipinski definition) is 0. The molecular formula is C15H18F2N2O2. The number of Topliss-reactive ketones (excluding diaryl/α,β-unsaturated/α-hetero) is 1. The quantitative estimate of drug-likeness (QED) is 0.797. The molecule has 0 bridgehead atoms. The normalized spacial score (nSPS) is 18.9. The predicted molar refractivity (Wildman–Crippen MR) is 74.0 cm³/mol. The molecule has 1 aromatic rings. The van der Waals surface area contributed by atoms with Crippen LogP contribution >= 0.6 is 0 Å². The lowest BCUT2D eigenvalue weighted by molar-refractivity contribution is -0.146. The monoisotopic (exact) mass is 296 g/mol. The van der Waals surface area contributed by atoms with Crippen molar-refractivity contribution in [3.63, 3.8) is 0 Å². The Labute approximate surface area is 122 Å². The average Bonchev–Trinajstić information content (AvgIpc) is 2.42. The van der Waals surface area contributed by atoms with Crippen LogP contribution in [0.5, 0.6) is 0 Å². The maximum absolute atomic E-state index is 13.6. The Morgan fingerprint density at radius 2 is 1.95 bits per heavy atom. The van der Waals surface area contributed by atoms with Gasteiger partial charge in [0.15, 0.2) is 5.78 Å². The molecule has 1 heterocycles. The van der Waals surface area contributed by atoms with Crippen LogP contribution in [0, 0.1) is 11.6 Å². The first-order valence-electron chi connectivity index (χ1n) is 6.72. The summed E-state index contributed by atoms with van der Waals surface area (Å²) < 4.78 is 26.8. The maximum atomic E-state index is 13.6. The third-order valence-corrected chi connectivity index (χ3v) is 3.93. The number of carbonyl (C=O) groups is 2. The lowest BCUT2D eigenvalue weighted by atomic mass is 9.96. The number of amides is 1. The van der Waals surface area contributed by atoms with Gasteiger partial charge >= 0.3 is 0 Å². The summed E-state index contributed by atoms with van der Waals surface area (Å²) >= 11 is 0. The zero-order valence-electron chi connectivity index (χ0n) is 12.3. The number of benzene rings is 1. The molecule has 114 valence electrons. The van der Waals surface area contributed by atoms with Crippen molar-refractivity contribution in [2.75, 3.05) is 26.7 Å². The molecule has 1 aliphatic heterocycles. The largest absolute Gasteiger partial charge is 0.343 e. The molecule has 0 atom stereocenters. The average molecular weight is 296 g/mol. The van der Waals surface area contributed by atoms with Crippen LogP contribution in [0.1, 0.15) is 24.2 Å². The Balaban J connectivity index is 2.19. The second-order valence-electron chi connectivity index (χ2n) is 5.75. The smallest absolute Gasteiger partial charge is 0.242 e. The number of ketones is 1. The lowest BCUT2D eigenvalue weighted by Gasteiger charge is -2.44. The summed E-state index contributed by atoms with van der Waals surface area (Å²) in [6, 6.07) is 2.79. The van der Waals surface area contributed by atoms with Crippen LogP contribution < -0.4 is 0 Å². The van der Waals surface area contributed by atoms with E-state index in [0.717, 1.165) is 18.2 Å². The predicted octanol–water partition coefficient (Wildman–Crippen LogP) is 1.70. The lowest BCUT2D eigenvalue weighted by Crippen LogP contribution is -2.62. The van der Waals surface area contributed by atoms with E-state index in [0.29, 0.717) is 13.1 Å². The van der Waals surface area contributed by atoms with E-state index < -0.39 is 23.0 Å². The molecule has 0 spiro atoms. The van der Waals surface area contributed by atoms with Gasteiger partial charge in [-0.15, -0.1) is 0 Å². The van der Waals surface area contributed by atoms with Gasteiger partial charge < -0.3 is 4.90 Å². The van der Waals surface area contributed by atoms with Gasteiger partial charge in [0.1, 0.15) is 11.6 Å². The zero-order valence-corrected chi connectivity index (χ0v) is 12.3. The number of piperazine rings is 1. The highest BCUT2D eigenvalue weighted by molar-refractivity contribution is 5.98. The van der Waals surface area contributed by atoms with Crippen molar-refractivity contribution in [1.82, 2.24) is 9.80 Å². The van der Waals surface area contributed by atoms with E-state index in [4.69, 9.17) is 0 Å². The molecule has 1 fully saturated rings. The van der Waals surface area contributed by atoms with Gasteiger partial charge in [-0.05, 0) is 32.0 Å². The van der Waals surface area contributed by atoms with Gasteiger partial charge in [-0.1, -0.05) is 0 Å². The van der Waals surface area contributed by atoms with Gasteiger partial charge in [0.25, 0.3) is 0 Å². The zero-order chi connectivity index (χ0) is 15.8. The summed E-state index contributed by atoms with van der Waals surface area (Å²) in [6.07, 6.45) is 0. The maximum Gasteiger partial charge on any atom is 0.242 e. The molecule has 0 aliphatic carbocycles. The fourth-order valence-electron chi connectivity index (χ4n) is 2.50. The Hall–Kier alpha value is -1.82. The Morgan fingerprint density at radius 1 is 1.29 bits per heavy atom. The molecule has 1 aliphatic rings. The van der Waals surface area contributed by atoms with Crippen molar-refractivity contribution >= 4 is 11.7 Å². The van der Waals surface area contributed by atoms with Gasteiger partial charge in [0, 0.05) is 20.1 Å². The topological polar surface area (TPSA) is 40.6 Å². The first-order chi connectivity index (χ1) is 9.73. The fourth-order valence-corrected chi connectivity index (χ4v) is 2.50. The van der Waals surface area contributed by atoms with Crippen molar-refractivity contribution in [3.05, 3.63) is 35.4 Å². The number of carbonyl (C=O) groups excluding carboxylic acids is 2. The highest BCUT2D eigenvalue weighted by Gasteiger charge is 2.41. The molecule has 4 nitrogen and oxygen atoms in total. The highest BCUT2D eigenvalue weighted by atomic mass is 19.1. The summed E-state index contributed by atoms with van der Waals surface area (Å²) in [7, 11) is 1.70. The number of likely N-dealkylation sites (N-methyl/N-ethyl adjacent to an activating group) is 1. The van der Waals surface area contributed by atoms with Crippen LogP contribution in [0.25, 0.3) is 0 Å². The van der Waals surface area contributed by atoms with E-state index in [1.165, 1.54) is 0 Å². The third-order valence-electron chi connectivity index (χ3n) is 3.93. The molecule has 1 aromatic carbocycles. The Kier molecular flexibility index (Phi) is 4.09. The second-order valence-corrected chi connectivity index (χ2v) is 5.75. The molecule has 0 radical (unpaired) electrons. The molecule has 6 heteroatoms. The first kappa shape index (κ1) is 15.6. The van der Waals surface area contributed by atoms with Gasteiger partial charge in [-0.3, -0.25) is 14.5 Å². The van der Waals surface area contributed by atoms with Crippen molar-refractivity contribution in [1.29, 1.82) is 0 Å². The summed E-state index contributed by atoms with van der Waals surface area (Å²) in [6.45, 7) is 4.34. The van der Waals surface area contributed by atoms with Crippen LogP contribution in [0.15, 0.2) is 18.2 Å². The van der Waals surface area contributed by atoms with E-state index >= 15 is 0 Å². The summed E-state index contributed by atoms with van der Waals surface area (Å²) in [5, 5.41) is 0. The minimum atomic E-state index is -0.841. The Morgan fingerprint density at radius 3 is 2.62 bits per heavy atom. The minimum Gasteiger partial charge on any atom is -0.343 e. The van der Waals surface area contributed by atoms with Crippen LogP contribution in [0.4, 0.5) is 8.78 Å². The van der Waals surface area contributed by atoms with Crippen molar-refractivity contribution in [3.8, 4) is 0 Å². The highest BCUT2D eigenvalue weighted by Crippen LogP contribution is 2.22. The first-order valence-corrected chi connectivity index (χ1v) is 6.72. The number of rotatable bonds is 3. The van der Waals surface area contributed by atoms with Crippen LogP contribution in [0.2, 0.25) is 0 Å². The van der Waals surface area contributed by atoms with E-state index in [-0.39, 0.29) is 18.0 Å². The molecule has 21 heavy (non-hydrogen) atoms. The molecule has 1 amide bonds. The second kappa shape index (κ2) is 5.52. The van der Waals surface area contributed by atoms with E-state index in [9.17, 15) is 18.4 Å². The van der Waals surface area contributed by atoms with E-state index in [2.05, 4.69) is 0 Å². The van der Waals surface area contributed by atoms with E-state index in [1.54, 1.807) is 30.7 Å². The summed E-state index contributed by atoms with van der Waals surface area (Å²) in [5.41, 5.74) is -1.12. The molecular weight excluding hydrogens is 278 g/mol. The number of nitrogens with zero attached hydrogens (tertiary/aromatic N) is 2. The van der Waals surface area contributed by atoms with Crippen LogP contribution in [0.3, 0.4) is 0 Å². The minimum absolute atomic E-state index is 0.0961. The summed E-state index contributed by atoms with van der Waals surface area (Å²) in [5.74, 6) is -2.04. The number of halogens is 2.